The van der Waals surface area contributed by atoms with Crippen LogP contribution < -0.4 is 0 Å². The normalized spacial score (nSPS) is 23.7. The van der Waals surface area contributed by atoms with E-state index in [1.165, 1.54) is 0 Å². The number of ether oxygens (including phenoxy) is 1. The summed E-state index contributed by atoms with van der Waals surface area (Å²) in [5, 5.41) is 0. The lowest BCUT2D eigenvalue weighted by atomic mass is 10.2. The Kier molecular flexibility index (Phi) is 2.52. The molecule has 0 radical (unpaired) electrons. The average Bonchev–Trinajstić information content (AvgIpc) is 2.32. The van der Waals surface area contributed by atoms with E-state index in [4.69, 9.17) is 14.5 Å². The monoisotopic (exact) mass is 158 g/mol. The highest BCUT2D eigenvalue weighted by Crippen LogP contribution is 2.12. The molecule has 0 saturated carbocycles. The van der Waals surface area contributed by atoms with Crippen LogP contribution in [0.15, 0.2) is 12.3 Å². The van der Waals surface area contributed by atoms with E-state index in [1.54, 1.807) is 6.26 Å². The second-order valence-electron chi connectivity index (χ2n) is 3.49. The van der Waals surface area contributed by atoms with E-state index in [0.29, 0.717) is 6.61 Å². The minimum absolute atomic E-state index is 0.0470. The van der Waals surface area contributed by atoms with Gasteiger partial charge in [0.05, 0.1) is 11.9 Å². The summed E-state index contributed by atoms with van der Waals surface area (Å²) in [6.07, 6.45) is 3.40. The highest BCUT2D eigenvalue weighted by Gasteiger charge is 2.17. The summed E-state index contributed by atoms with van der Waals surface area (Å²) in [4.78, 5) is 10.1. The van der Waals surface area contributed by atoms with Gasteiger partial charge in [-0.25, -0.2) is 9.78 Å². The number of hydrogen-bond donors (Lipinski definition) is 0. The zero-order valence-corrected chi connectivity index (χ0v) is 7.16. The van der Waals surface area contributed by atoms with Gasteiger partial charge < -0.3 is 4.74 Å². The van der Waals surface area contributed by atoms with Crippen LogP contribution in [0, 0.1) is 0 Å². The van der Waals surface area contributed by atoms with Crippen LogP contribution in [0.3, 0.4) is 0 Å². The molecule has 0 N–H and O–H groups in total. The molecular weight excluding hydrogens is 144 g/mol. The standard InChI is InChI=1S/C8H14O3/c1-8(2,3)11-10-7-4-5-9-6-7/h4-5,7H,6H2,1-3H3. The molecule has 0 fully saturated rings. The maximum Gasteiger partial charge on any atom is 0.148 e. The van der Waals surface area contributed by atoms with Crippen LogP contribution in [-0.2, 0) is 14.5 Å². The van der Waals surface area contributed by atoms with E-state index in [2.05, 4.69) is 0 Å². The minimum atomic E-state index is -0.254. The van der Waals surface area contributed by atoms with E-state index < -0.39 is 0 Å². The Hall–Kier alpha value is -0.540. The number of rotatable bonds is 2. The molecule has 0 aliphatic carbocycles. The van der Waals surface area contributed by atoms with Crippen LogP contribution in [0.2, 0.25) is 0 Å². The van der Waals surface area contributed by atoms with Crippen LogP contribution in [-0.4, -0.2) is 18.3 Å². The van der Waals surface area contributed by atoms with Crippen LogP contribution in [0.5, 0.6) is 0 Å². The van der Waals surface area contributed by atoms with Crippen molar-refractivity contribution in [2.75, 3.05) is 6.61 Å². The maximum atomic E-state index is 5.08. The van der Waals surface area contributed by atoms with Crippen LogP contribution in [0.25, 0.3) is 0 Å². The van der Waals surface area contributed by atoms with Crippen LogP contribution in [0.1, 0.15) is 20.8 Å². The first-order chi connectivity index (χ1) is 5.08. The van der Waals surface area contributed by atoms with Crippen LogP contribution in [0.4, 0.5) is 0 Å². The topological polar surface area (TPSA) is 27.7 Å². The molecule has 64 valence electrons. The lowest BCUT2D eigenvalue weighted by molar-refractivity contribution is -0.365. The highest BCUT2D eigenvalue weighted by atomic mass is 17.2. The Labute approximate surface area is 66.9 Å². The van der Waals surface area contributed by atoms with Gasteiger partial charge in [-0.1, -0.05) is 0 Å². The molecule has 0 bridgehead atoms. The van der Waals surface area contributed by atoms with Gasteiger partial charge in [-0.15, -0.1) is 0 Å². The largest absolute Gasteiger partial charge is 0.498 e. The second-order valence-corrected chi connectivity index (χ2v) is 3.49. The van der Waals surface area contributed by atoms with E-state index in [1.807, 2.05) is 26.8 Å². The quantitative estimate of drug-likeness (QED) is 0.451. The molecule has 1 rings (SSSR count). The molecule has 1 aliphatic heterocycles. The molecule has 3 nitrogen and oxygen atoms in total. The van der Waals surface area contributed by atoms with Gasteiger partial charge in [0.1, 0.15) is 12.7 Å². The summed E-state index contributed by atoms with van der Waals surface area (Å²) in [7, 11) is 0. The van der Waals surface area contributed by atoms with Crippen molar-refractivity contribution in [2.24, 2.45) is 0 Å². The third kappa shape index (κ3) is 3.39. The van der Waals surface area contributed by atoms with Gasteiger partial charge in [0.25, 0.3) is 0 Å². The maximum absolute atomic E-state index is 5.08. The van der Waals surface area contributed by atoms with Gasteiger partial charge in [-0.05, 0) is 26.8 Å². The van der Waals surface area contributed by atoms with Gasteiger partial charge in [0.15, 0.2) is 0 Å². The average molecular weight is 158 g/mol. The van der Waals surface area contributed by atoms with Gasteiger partial charge in [-0.2, -0.15) is 0 Å². The van der Waals surface area contributed by atoms with Gasteiger partial charge in [0.2, 0.25) is 0 Å². The summed E-state index contributed by atoms with van der Waals surface area (Å²) in [6, 6.07) is 0. The molecule has 0 amide bonds. The van der Waals surface area contributed by atoms with E-state index >= 15 is 0 Å². The zero-order chi connectivity index (χ0) is 8.32. The van der Waals surface area contributed by atoms with Crippen molar-refractivity contribution in [3.8, 4) is 0 Å². The molecule has 0 aromatic heterocycles. The first-order valence-corrected chi connectivity index (χ1v) is 3.71. The molecule has 0 aromatic carbocycles. The fraction of sp³-hybridized carbons (Fsp3) is 0.750. The van der Waals surface area contributed by atoms with E-state index in [-0.39, 0.29) is 11.7 Å². The molecular formula is C8H14O3. The SMILES string of the molecule is CC(C)(C)OOC1C=COC1. The Bertz CT molecular complexity index is 146. The van der Waals surface area contributed by atoms with Crippen molar-refractivity contribution < 1.29 is 14.5 Å². The predicted molar refractivity (Wildman–Crippen MR) is 40.8 cm³/mol. The summed E-state index contributed by atoms with van der Waals surface area (Å²) < 4.78 is 4.94. The third-order valence-electron chi connectivity index (χ3n) is 1.07. The first kappa shape index (κ1) is 8.56. The van der Waals surface area contributed by atoms with Crippen molar-refractivity contribution in [1.82, 2.24) is 0 Å². The van der Waals surface area contributed by atoms with Crippen LogP contribution >= 0.6 is 0 Å². The van der Waals surface area contributed by atoms with Gasteiger partial charge in [-0.3, -0.25) is 0 Å². The lowest BCUT2D eigenvalue weighted by Crippen LogP contribution is -2.24. The van der Waals surface area contributed by atoms with Crippen molar-refractivity contribution in [3.05, 3.63) is 12.3 Å². The van der Waals surface area contributed by atoms with Crippen molar-refractivity contribution in [2.45, 2.75) is 32.5 Å². The molecule has 1 unspecified atom stereocenters. The molecule has 3 heteroatoms. The predicted octanol–water partition coefficient (Wildman–Crippen LogP) is 1.65. The molecule has 0 saturated heterocycles. The number of hydrogen-bond acceptors (Lipinski definition) is 3. The Morgan fingerprint density at radius 1 is 1.45 bits per heavy atom. The molecule has 0 aromatic rings. The van der Waals surface area contributed by atoms with E-state index in [0.717, 1.165) is 0 Å². The van der Waals surface area contributed by atoms with Gasteiger partial charge >= 0.3 is 0 Å². The second kappa shape index (κ2) is 3.24. The van der Waals surface area contributed by atoms with E-state index in [9.17, 15) is 0 Å². The summed E-state index contributed by atoms with van der Waals surface area (Å²) in [5.74, 6) is 0. The highest BCUT2D eigenvalue weighted by molar-refractivity contribution is 4.89. The Morgan fingerprint density at radius 3 is 2.64 bits per heavy atom. The van der Waals surface area contributed by atoms with Crippen molar-refractivity contribution in [3.63, 3.8) is 0 Å². The fourth-order valence-electron chi connectivity index (χ4n) is 0.615. The summed E-state index contributed by atoms with van der Waals surface area (Å²) >= 11 is 0. The summed E-state index contributed by atoms with van der Waals surface area (Å²) in [5.41, 5.74) is -0.254. The first-order valence-electron chi connectivity index (χ1n) is 3.71. The lowest BCUT2D eigenvalue weighted by Gasteiger charge is -2.19. The minimum Gasteiger partial charge on any atom is -0.498 e. The van der Waals surface area contributed by atoms with Gasteiger partial charge in [0, 0.05) is 0 Å². The fourth-order valence-corrected chi connectivity index (χ4v) is 0.615. The third-order valence-corrected chi connectivity index (χ3v) is 1.07. The van der Waals surface area contributed by atoms with Crippen molar-refractivity contribution in [1.29, 1.82) is 0 Å². The molecule has 1 atom stereocenters. The summed E-state index contributed by atoms with van der Waals surface area (Å²) in [6.45, 7) is 6.36. The Morgan fingerprint density at radius 2 is 2.18 bits per heavy atom. The molecule has 0 spiro atoms. The smallest absolute Gasteiger partial charge is 0.148 e. The molecule has 1 aliphatic rings. The Balaban J connectivity index is 2.17. The zero-order valence-electron chi connectivity index (χ0n) is 7.16. The molecule has 11 heavy (non-hydrogen) atoms. The van der Waals surface area contributed by atoms with Crippen molar-refractivity contribution >= 4 is 0 Å². The molecule has 1 heterocycles.